The minimum absolute atomic E-state index is 0.111. The molecule has 1 aliphatic rings. The van der Waals surface area contributed by atoms with Gasteiger partial charge in [0.25, 0.3) is 5.56 Å². The van der Waals surface area contributed by atoms with E-state index in [0.717, 1.165) is 12.8 Å². The number of amides is 1. The van der Waals surface area contributed by atoms with Gasteiger partial charge in [-0.05, 0) is 31.6 Å². The van der Waals surface area contributed by atoms with Gasteiger partial charge in [0.05, 0.1) is 24.9 Å². The number of ether oxygens (including phenoxy) is 1. The molecule has 2 aromatic heterocycles. The van der Waals surface area contributed by atoms with Crippen molar-refractivity contribution in [2.24, 2.45) is 11.7 Å². The van der Waals surface area contributed by atoms with Crippen LogP contribution in [-0.4, -0.2) is 56.8 Å². The van der Waals surface area contributed by atoms with E-state index >= 15 is 0 Å². The van der Waals surface area contributed by atoms with Crippen LogP contribution in [0.1, 0.15) is 32.1 Å². The number of aryl methyl sites for hydroxylation is 1. The van der Waals surface area contributed by atoms with Crippen LogP contribution in [0.15, 0.2) is 17.1 Å². The number of methoxy groups -OCH3 is 1. The Hall–Kier alpha value is -2.49. The minimum atomic E-state index is -4.00. The van der Waals surface area contributed by atoms with E-state index in [4.69, 9.17) is 20.3 Å². The molecule has 0 spiro atoms. The molecule has 1 saturated heterocycles. The molecule has 0 radical (unpaired) electrons. The van der Waals surface area contributed by atoms with Crippen LogP contribution in [0.2, 0.25) is 0 Å². The molecule has 12 heteroatoms. The van der Waals surface area contributed by atoms with E-state index in [2.05, 4.69) is 10.1 Å². The van der Waals surface area contributed by atoms with Gasteiger partial charge < -0.3 is 25.2 Å². The van der Waals surface area contributed by atoms with Crippen molar-refractivity contribution in [2.45, 2.75) is 38.6 Å². The second kappa shape index (κ2) is 9.76. The van der Waals surface area contributed by atoms with E-state index in [-0.39, 0.29) is 30.6 Å². The van der Waals surface area contributed by atoms with Crippen LogP contribution in [0, 0.1) is 5.92 Å². The lowest BCUT2D eigenvalue weighted by atomic mass is 9.94. The van der Waals surface area contributed by atoms with Gasteiger partial charge in [-0.15, -0.1) is 0 Å². The SMILES string of the molecule is COc1cc2cnn(CCCC(N)=O)c(=O)c2c(N2CCC(CCP(=O)(O)O)CC2)n1. The summed E-state index contributed by atoms with van der Waals surface area (Å²) >= 11 is 0. The summed E-state index contributed by atoms with van der Waals surface area (Å²) in [4.78, 5) is 48.9. The predicted molar refractivity (Wildman–Crippen MR) is 115 cm³/mol. The van der Waals surface area contributed by atoms with Gasteiger partial charge in [-0.1, -0.05) is 0 Å². The molecular formula is C19H28N5O6P. The van der Waals surface area contributed by atoms with Crippen molar-refractivity contribution in [3.8, 4) is 5.88 Å². The van der Waals surface area contributed by atoms with Gasteiger partial charge in [-0.3, -0.25) is 14.2 Å². The highest BCUT2D eigenvalue weighted by molar-refractivity contribution is 7.51. The average molecular weight is 453 g/mol. The molecule has 11 nitrogen and oxygen atoms in total. The molecule has 1 fully saturated rings. The third-order valence-corrected chi connectivity index (χ3v) is 6.38. The van der Waals surface area contributed by atoms with Crippen molar-refractivity contribution < 1.29 is 23.9 Å². The highest BCUT2D eigenvalue weighted by Gasteiger charge is 2.25. The number of primary amides is 1. The molecule has 170 valence electrons. The maximum atomic E-state index is 13.1. The second-order valence-corrected chi connectivity index (χ2v) is 9.58. The first-order valence-electron chi connectivity index (χ1n) is 10.2. The van der Waals surface area contributed by atoms with Crippen molar-refractivity contribution in [2.75, 3.05) is 31.3 Å². The molecule has 0 bridgehead atoms. The lowest BCUT2D eigenvalue weighted by Crippen LogP contribution is -2.36. The van der Waals surface area contributed by atoms with Crippen molar-refractivity contribution in [1.29, 1.82) is 0 Å². The van der Waals surface area contributed by atoms with Crippen LogP contribution >= 0.6 is 7.60 Å². The largest absolute Gasteiger partial charge is 0.481 e. The summed E-state index contributed by atoms with van der Waals surface area (Å²) in [7, 11) is -2.49. The standard InChI is InChI=1S/C19H28N5O6P/c1-30-16-11-14-12-21-24(7-2-3-15(20)25)19(26)17(14)18(22-16)23-8-4-13(5-9-23)6-10-31(27,28)29/h11-13H,2-10H2,1H3,(H2,20,25)(H2,27,28,29). The summed E-state index contributed by atoms with van der Waals surface area (Å²) in [6.45, 7) is 1.50. The number of carbonyl (C=O) groups is 1. The number of nitrogens with two attached hydrogens (primary N) is 1. The van der Waals surface area contributed by atoms with Crippen molar-refractivity contribution >= 4 is 30.1 Å². The molecule has 0 saturated carbocycles. The predicted octanol–water partition coefficient (Wildman–Crippen LogP) is 0.850. The van der Waals surface area contributed by atoms with Gasteiger partial charge in [0.15, 0.2) is 0 Å². The summed E-state index contributed by atoms with van der Waals surface area (Å²) in [6, 6.07) is 1.66. The third-order valence-electron chi connectivity index (χ3n) is 5.54. The molecule has 0 unspecified atom stereocenters. The van der Waals surface area contributed by atoms with Crippen molar-refractivity contribution in [1.82, 2.24) is 14.8 Å². The van der Waals surface area contributed by atoms with E-state index in [1.54, 1.807) is 12.3 Å². The quantitative estimate of drug-likeness (QED) is 0.467. The van der Waals surface area contributed by atoms with Crippen molar-refractivity contribution in [3.05, 3.63) is 22.6 Å². The van der Waals surface area contributed by atoms with Crippen LogP contribution in [-0.2, 0) is 15.9 Å². The summed E-state index contributed by atoms with van der Waals surface area (Å²) in [6.07, 6.45) is 4.03. The fourth-order valence-corrected chi connectivity index (χ4v) is 4.54. The number of hydrogen-bond donors (Lipinski definition) is 3. The fourth-order valence-electron chi connectivity index (χ4n) is 3.84. The van der Waals surface area contributed by atoms with Gasteiger partial charge >= 0.3 is 7.60 Å². The Morgan fingerprint density at radius 1 is 1.35 bits per heavy atom. The summed E-state index contributed by atoms with van der Waals surface area (Å²) < 4.78 is 17.8. The molecule has 0 aliphatic carbocycles. The van der Waals surface area contributed by atoms with Crippen LogP contribution < -0.4 is 20.9 Å². The van der Waals surface area contributed by atoms with Crippen LogP contribution in [0.4, 0.5) is 5.82 Å². The normalized spacial score (nSPS) is 15.4. The Balaban J connectivity index is 1.85. The molecule has 1 amide bonds. The number of anilines is 1. The highest BCUT2D eigenvalue weighted by atomic mass is 31.2. The molecule has 2 aromatic rings. The van der Waals surface area contributed by atoms with E-state index in [1.165, 1.54) is 11.8 Å². The highest BCUT2D eigenvalue weighted by Crippen LogP contribution is 2.38. The number of nitrogens with zero attached hydrogens (tertiary/aromatic N) is 4. The topological polar surface area (TPSA) is 161 Å². The molecule has 0 atom stereocenters. The smallest absolute Gasteiger partial charge is 0.325 e. The number of hydrogen-bond acceptors (Lipinski definition) is 7. The number of pyridine rings is 1. The first kappa shape index (κ1) is 23.2. The minimum Gasteiger partial charge on any atom is -0.481 e. The van der Waals surface area contributed by atoms with E-state index in [0.29, 0.717) is 48.4 Å². The average Bonchev–Trinajstić information content (AvgIpc) is 2.72. The molecule has 0 aromatic carbocycles. The summed E-state index contributed by atoms with van der Waals surface area (Å²) in [5.41, 5.74) is 4.88. The van der Waals surface area contributed by atoms with Gasteiger partial charge in [0, 0.05) is 37.5 Å². The van der Waals surface area contributed by atoms with Crippen molar-refractivity contribution in [3.63, 3.8) is 0 Å². The van der Waals surface area contributed by atoms with Crippen LogP contribution in [0.3, 0.4) is 0 Å². The van der Waals surface area contributed by atoms with Crippen LogP contribution in [0.25, 0.3) is 10.8 Å². The van der Waals surface area contributed by atoms with Gasteiger partial charge in [0.1, 0.15) is 5.82 Å². The molecule has 31 heavy (non-hydrogen) atoms. The zero-order valence-corrected chi connectivity index (χ0v) is 18.3. The first-order valence-corrected chi connectivity index (χ1v) is 12.0. The first-order chi connectivity index (χ1) is 14.7. The number of aromatic nitrogens is 3. The van der Waals surface area contributed by atoms with Crippen LogP contribution in [0.5, 0.6) is 5.88 Å². The maximum Gasteiger partial charge on any atom is 0.325 e. The second-order valence-electron chi connectivity index (χ2n) is 7.80. The number of rotatable bonds is 9. The van der Waals surface area contributed by atoms with Gasteiger partial charge in [-0.2, -0.15) is 10.1 Å². The summed E-state index contributed by atoms with van der Waals surface area (Å²) in [5.74, 6) is 0.674. The molecule has 3 rings (SSSR count). The number of piperidine rings is 1. The Labute approximate surface area is 179 Å². The third kappa shape index (κ3) is 6.03. The molecule has 4 N–H and O–H groups in total. The number of carbonyl (C=O) groups excluding carboxylic acids is 1. The lowest BCUT2D eigenvalue weighted by molar-refractivity contribution is -0.118. The zero-order chi connectivity index (χ0) is 22.6. The van der Waals surface area contributed by atoms with E-state index in [1.807, 2.05) is 4.90 Å². The summed E-state index contributed by atoms with van der Waals surface area (Å²) in [5, 5.41) is 5.25. The lowest BCUT2D eigenvalue weighted by Gasteiger charge is -2.33. The Bertz CT molecular complexity index is 1040. The Morgan fingerprint density at radius 2 is 2.06 bits per heavy atom. The Kier molecular flexibility index (Phi) is 7.30. The number of fused-ring (bicyclic) bond motifs is 1. The molecule has 3 heterocycles. The molecule has 1 aliphatic heterocycles. The van der Waals surface area contributed by atoms with Gasteiger partial charge in [0.2, 0.25) is 11.8 Å². The maximum absolute atomic E-state index is 13.1. The van der Waals surface area contributed by atoms with E-state index < -0.39 is 13.5 Å². The fraction of sp³-hybridized carbons (Fsp3) is 0.579. The van der Waals surface area contributed by atoms with Gasteiger partial charge in [-0.25, -0.2) is 4.68 Å². The Morgan fingerprint density at radius 3 is 2.68 bits per heavy atom. The monoisotopic (exact) mass is 453 g/mol. The zero-order valence-electron chi connectivity index (χ0n) is 17.4. The molecular weight excluding hydrogens is 425 g/mol. The van der Waals surface area contributed by atoms with E-state index in [9.17, 15) is 14.2 Å².